The minimum absolute atomic E-state index is 0.674. The second kappa shape index (κ2) is 8.92. The molecule has 1 aliphatic rings. The van der Waals surface area contributed by atoms with Gasteiger partial charge in [0.1, 0.15) is 0 Å². The van der Waals surface area contributed by atoms with E-state index in [1.54, 1.807) is 0 Å². The second-order valence-corrected chi connectivity index (χ2v) is 6.34. The topological polar surface area (TPSA) is 15.3 Å². The Balaban J connectivity index is 2.28. The van der Waals surface area contributed by atoms with Gasteiger partial charge in [0.05, 0.1) is 0 Å². The van der Waals surface area contributed by atoms with E-state index in [9.17, 15) is 0 Å². The van der Waals surface area contributed by atoms with Crippen LogP contribution in [0, 0.1) is 11.8 Å². The molecule has 0 bridgehead atoms. The first-order valence-electron chi connectivity index (χ1n) is 8.13. The Morgan fingerprint density at radius 1 is 1.11 bits per heavy atom. The molecule has 108 valence electrons. The lowest BCUT2D eigenvalue weighted by atomic mass is 9.92. The summed E-state index contributed by atoms with van der Waals surface area (Å²) in [6.45, 7) is 14.3. The van der Waals surface area contributed by atoms with Crippen LogP contribution in [0.5, 0.6) is 0 Å². The minimum atomic E-state index is 0.674. The third-order valence-electron chi connectivity index (χ3n) is 4.32. The maximum absolute atomic E-state index is 3.71. The molecule has 0 radical (unpaired) electrons. The molecule has 1 aliphatic heterocycles. The Labute approximate surface area is 115 Å². The maximum Gasteiger partial charge on any atom is 0.0217 e. The van der Waals surface area contributed by atoms with Crippen LogP contribution < -0.4 is 5.32 Å². The first-order chi connectivity index (χ1) is 8.67. The van der Waals surface area contributed by atoms with E-state index in [1.807, 2.05) is 0 Å². The van der Waals surface area contributed by atoms with Gasteiger partial charge in [0, 0.05) is 12.6 Å². The standard InChI is InChI=1S/C16H34N2/c1-5-7-15-8-11-18(12-9-15)13-16(14(3)4)17-10-6-2/h14-17H,5-13H2,1-4H3. The average Bonchev–Trinajstić information content (AvgIpc) is 2.36. The fourth-order valence-corrected chi connectivity index (χ4v) is 2.98. The summed E-state index contributed by atoms with van der Waals surface area (Å²) in [4.78, 5) is 2.68. The molecular formula is C16H34N2. The number of rotatable bonds is 8. The van der Waals surface area contributed by atoms with Gasteiger partial charge >= 0.3 is 0 Å². The predicted molar refractivity (Wildman–Crippen MR) is 81.0 cm³/mol. The molecule has 1 unspecified atom stereocenters. The van der Waals surface area contributed by atoms with Crippen LogP contribution in [0.3, 0.4) is 0 Å². The summed E-state index contributed by atoms with van der Waals surface area (Å²) < 4.78 is 0. The van der Waals surface area contributed by atoms with E-state index in [2.05, 4.69) is 37.9 Å². The van der Waals surface area contributed by atoms with E-state index in [-0.39, 0.29) is 0 Å². The molecule has 0 spiro atoms. The summed E-state index contributed by atoms with van der Waals surface area (Å²) in [5.41, 5.74) is 0. The molecule has 1 saturated heterocycles. The van der Waals surface area contributed by atoms with Crippen LogP contribution in [0.15, 0.2) is 0 Å². The molecule has 0 aromatic carbocycles. The molecule has 1 rings (SSSR count). The third kappa shape index (κ3) is 5.71. The van der Waals surface area contributed by atoms with Crippen molar-refractivity contribution in [2.45, 2.75) is 65.8 Å². The van der Waals surface area contributed by atoms with E-state index in [0.717, 1.165) is 18.4 Å². The van der Waals surface area contributed by atoms with Crippen LogP contribution in [0.25, 0.3) is 0 Å². The lowest BCUT2D eigenvalue weighted by molar-refractivity contribution is 0.152. The molecule has 1 fully saturated rings. The monoisotopic (exact) mass is 254 g/mol. The van der Waals surface area contributed by atoms with Crippen LogP contribution in [0.1, 0.15) is 59.8 Å². The van der Waals surface area contributed by atoms with Crippen LogP contribution >= 0.6 is 0 Å². The van der Waals surface area contributed by atoms with Gasteiger partial charge in [0.2, 0.25) is 0 Å². The fraction of sp³-hybridized carbons (Fsp3) is 1.00. The summed E-state index contributed by atoms with van der Waals surface area (Å²) in [6.07, 6.45) is 6.88. The van der Waals surface area contributed by atoms with Crippen LogP contribution in [0.2, 0.25) is 0 Å². The van der Waals surface area contributed by atoms with Crippen molar-refractivity contribution in [1.82, 2.24) is 10.2 Å². The van der Waals surface area contributed by atoms with Crippen molar-refractivity contribution < 1.29 is 0 Å². The molecule has 1 atom stereocenters. The Hall–Kier alpha value is -0.0800. The number of nitrogens with zero attached hydrogens (tertiary/aromatic N) is 1. The highest BCUT2D eigenvalue weighted by molar-refractivity contribution is 4.79. The largest absolute Gasteiger partial charge is 0.312 e. The summed E-state index contributed by atoms with van der Waals surface area (Å²) in [6, 6.07) is 0.674. The first-order valence-corrected chi connectivity index (χ1v) is 8.13. The molecule has 0 aliphatic carbocycles. The average molecular weight is 254 g/mol. The molecule has 0 aromatic heterocycles. The van der Waals surface area contributed by atoms with Crippen LogP contribution in [0.4, 0.5) is 0 Å². The van der Waals surface area contributed by atoms with Gasteiger partial charge in [-0.2, -0.15) is 0 Å². The van der Waals surface area contributed by atoms with Crippen molar-refractivity contribution in [3.8, 4) is 0 Å². The van der Waals surface area contributed by atoms with Crippen molar-refractivity contribution >= 4 is 0 Å². The number of hydrogen-bond acceptors (Lipinski definition) is 2. The zero-order valence-electron chi connectivity index (χ0n) is 13.0. The highest BCUT2D eigenvalue weighted by Gasteiger charge is 2.22. The van der Waals surface area contributed by atoms with Crippen LogP contribution in [-0.4, -0.2) is 37.1 Å². The first kappa shape index (κ1) is 16.0. The van der Waals surface area contributed by atoms with Gasteiger partial charge in [0.25, 0.3) is 0 Å². The summed E-state index contributed by atoms with van der Waals surface area (Å²) in [5.74, 6) is 1.75. The number of hydrogen-bond donors (Lipinski definition) is 1. The van der Waals surface area contributed by atoms with Gasteiger partial charge in [-0.3, -0.25) is 0 Å². The SMILES string of the molecule is CCCNC(CN1CCC(CCC)CC1)C(C)C. The molecule has 2 nitrogen and oxygen atoms in total. The molecule has 18 heavy (non-hydrogen) atoms. The van der Waals surface area contributed by atoms with Crippen molar-refractivity contribution in [3.05, 3.63) is 0 Å². The summed E-state index contributed by atoms with van der Waals surface area (Å²) in [5, 5.41) is 3.71. The van der Waals surface area contributed by atoms with Crippen molar-refractivity contribution in [1.29, 1.82) is 0 Å². The van der Waals surface area contributed by atoms with E-state index < -0.39 is 0 Å². The molecule has 0 aromatic rings. The molecular weight excluding hydrogens is 220 g/mol. The molecule has 0 saturated carbocycles. The van der Waals surface area contributed by atoms with Crippen LogP contribution in [-0.2, 0) is 0 Å². The Bertz CT molecular complexity index is 195. The predicted octanol–water partition coefficient (Wildman–Crippen LogP) is 3.52. The quantitative estimate of drug-likeness (QED) is 0.713. The smallest absolute Gasteiger partial charge is 0.0217 e. The zero-order chi connectivity index (χ0) is 13.4. The number of nitrogens with one attached hydrogen (secondary N) is 1. The van der Waals surface area contributed by atoms with Gasteiger partial charge in [-0.05, 0) is 50.7 Å². The van der Waals surface area contributed by atoms with Gasteiger partial charge < -0.3 is 10.2 Å². The van der Waals surface area contributed by atoms with Crippen molar-refractivity contribution in [2.24, 2.45) is 11.8 Å². The summed E-state index contributed by atoms with van der Waals surface area (Å²) >= 11 is 0. The minimum Gasteiger partial charge on any atom is -0.312 e. The molecule has 2 heteroatoms. The van der Waals surface area contributed by atoms with E-state index in [0.29, 0.717) is 6.04 Å². The summed E-state index contributed by atoms with van der Waals surface area (Å²) in [7, 11) is 0. The lowest BCUT2D eigenvalue weighted by Crippen LogP contribution is -2.46. The van der Waals surface area contributed by atoms with Gasteiger partial charge in [0.15, 0.2) is 0 Å². The normalized spacial score (nSPS) is 20.5. The van der Waals surface area contributed by atoms with Gasteiger partial charge in [-0.1, -0.05) is 40.5 Å². The molecule has 1 heterocycles. The Morgan fingerprint density at radius 2 is 1.78 bits per heavy atom. The van der Waals surface area contributed by atoms with E-state index in [1.165, 1.54) is 51.7 Å². The van der Waals surface area contributed by atoms with Gasteiger partial charge in [-0.15, -0.1) is 0 Å². The Kier molecular flexibility index (Phi) is 7.92. The lowest BCUT2D eigenvalue weighted by Gasteiger charge is -2.35. The van der Waals surface area contributed by atoms with Crippen molar-refractivity contribution in [3.63, 3.8) is 0 Å². The number of piperidine rings is 1. The highest BCUT2D eigenvalue weighted by Crippen LogP contribution is 2.22. The fourth-order valence-electron chi connectivity index (χ4n) is 2.98. The molecule has 0 amide bonds. The van der Waals surface area contributed by atoms with E-state index in [4.69, 9.17) is 0 Å². The third-order valence-corrected chi connectivity index (χ3v) is 4.32. The number of likely N-dealkylation sites (tertiary alicyclic amines) is 1. The maximum atomic E-state index is 3.71. The van der Waals surface area contributed by atoms with Gasteiger partial charge in [-0.25, -0.2) is 0 Å². The van der Waals surface area contributed by atoms with E-state index >= 15 is 0 Å². The second-order valence-electron chi connectivity index (χ2n) is 6.34. The van der Waals surface area contributed by atoms with Crippen molar-refractivity contribution in [2.75, 3.05) is 26.2 Å². The highest BCUT2D eigenvalue weighted by atomic mass is 15.2. The molecule has 1 N–H and O–H groups in total. The Morgan fingerprint density at radius 3 is 2.28 bits per heavy atom. The zero-order valence-corrected chi connectivity index (χ0v) is 13.0.